The average Bonchev–Trinajstić information content (AvgIpc) is 2.48. The Bertz CT molecular complexity index is 422. The van der Waals surface area contributed by atoms with Crippen LogP contribution in [0.3, 0.4) is 0 Å². The van der Waals surface area contributed by atoms with Crippen molar-refractivity contribution in [2.75, 3.05) is 19.6 Å². The highest BCUT2D eigenvalue weighted by molar-refractivity contribution is 5.75. The van der Waals surface area contributed by atoms with Gasteiger partial charge < -0.3 is 16.4 Å². The quantitative estimate of drug-likeness (QED) is 0.371. The Morgan fingerprint density at radius 2 is 1.42 bits per heavy atom. The average molecular weight is 397 g/mol. The first-order chi connectivity index (χ1) is 11.7. The lowest BCUT2D eigenvalue weighted by Crippen LogP contribution is -2.53. The summed E-state index contributed by atoms with van der Waals surface area (Å²) >= 11 is 0. The minimum Gasteiger partial charge on any atom is -0.355 e. The molecule has 0 bridgehead atoms. The number of nitrogens with two attached hydrogens (primary N) is 1. The molecule has 0 aliphatic heterocycles. The minimum atomic E-state index is -6.02. The molecule has 0 aromatic heterocycles. The molecular weight excluding hydrogens is 371 g/mol. The zero-order chi connectivity index (χ0) is 20.6. The highest BCUT2D eigenvalue weighted by atomic mass is 19.4. The maximum atomic E-state index is 13.4. The van der Waals surface area contributed by atoms with Gasteiger partial charge in [0.1, 0.15) is 0 Å². The van der Waals surface area contributed by atoms with Gasteiger partial charge in [0, 0.05) is 31.6 Å². The number of carbonyl (C=O) groups is 1. The van der Waals surface area contributed by atoms with Crippen molar-refractivity contribution in [3.63, 3.8) is 0 Å². The van der Waals surface area contributed by atoms with Crippen molar-refractivity contribution < 1.29 is 35.5 Å². The molecule has 4 N–H and O–H groups in total. The zero-order valence-corrected chi connectivity index (χ0v) is 14.8. The Morgan fingerprint density at radius 3 is 1.88 bits per heavy atom. The zero-order valence-electron chi connectivity index (χ0n) is 14.8. The Kier molecular flexibility index (Phi) is 9.31. The smallest absolute Gasteiger partial charge is 0.355 e. The molecule has 0 unspecified atom stereocenters. The van der Waals surface area contributed by atoms with Crippen LogP contribution >= 0.6 is 0 Å². The Hall–Kier alpha value is -1.10. The van der Waals surface area contributed by atoms with Gasteiger partial charge in [0.2, 0.25) is 5.91 Å². The molecule has 26 heavy (non-hydrogen) atoms. The van der Waals surface area contributed by atoms with Crippen LogP contribution in [-0.4, -0.2) is 49.1 Å². The normalized spacial score (nSPS) is 13.8. The number of nitrogens with one attached hydrogen (secondary N) is 2. The van der Waals surface area contributed by atoms with Crippen molar-refractivity contribution >= 4 is 5.91 Å². The topological polar surface area (TPSA) is 67.2 Å². The van der Waals surface area contributed by atoms with Crippen LogP contribution in [0.5, 0.6) is 0 Å². The molecule has 1 amide bonds. The first-order valence-electron chi connectivity index (χ1n) is 8.20. The number of hydrogen-bond donors (Lipinski definition) is 3. The van der Waals surface area contributed by atoms with Crippen LogP contribution in [0.4, 0.5) is 30.7 Å². The first-order valence-corrected chi connectivity index (χ1v) is 8.20. The van der Waals surface area contributed by atoms with Gasteiger partial charge in [-0.3, -0.25) is 4.79 Å². The van der Waals surface area contributed by atoms with Crippen molar-refractivity contribution in [2.24, 2.45) is 5.73 Å². The van der Waals surface area contributed by atoms with E-state index in [-0.39, 0.29) is 30.7 Å². The van der Waals surface area contributed by atoms with Crippen LogP contribution < -0.4 is 16.4 Å². The number of halogens is 7. The molecule has 0 aromatic carbocycles. The van der Waals surface area contributed by atoms with E-state index in [1.807, 2.05) is 13.8 Å². The van der Waals surface area contributed by atoms with Crippen molar-refractivity contribution in [2.45, 2.75) is 69.5 Å². The fourth-order valence-corrected chi connectivity index (χ4v) is 2.04. The van der Waals surface area contributed by atoms with E-state index < -0.39 is 30.9 Å². The van der Waals surface area contributed by atoms with Gasteiger partial charge in [0.25, 0.3) is 5.67 Å². The van der Waals surface area contributed by atoms with E-state index in [0.29, 0.717) is 19.6 Å². The summed E-state index contributed by atoms with van der Waals surface area (Å²) in [7, 11) is 0. The van der Waals surface area contributed by atoms with Crippen molar-refractivity contribution in [3.8, 4) is 0 Å². The molecule has 0 aromatic rings. The second kappa shape index (κ2) is 9.72. The molecular formula is C15H26F7N3O. The van der Waals surface area contributed by atoms with E-state index in [0.717, 1.165) is 0 Å². The van der Waals surface area contributed by atoms with Crippen LogP contribution in [0.25, 0.3) is 0 Å². The molecule has 0 saturated carbocycles. The monoisotopic (exact) mass is 397 g/mol. The molecule has 0 heterocycles. The fourth-order valence-electron chi connectivity index (χ4n) is 2.04. The van der Waals surface area contributed by atoms with Crippen LogP contribution in [0, 0.1) is 0 Å². The lowest BCUT2D eigenvalue weighted by atomic mass is 9.96. The number of amides is 1. The molecule has 0 saturated heterocycles. The number of alkyl halides is 7. The molecule has 0 radical (unpaired) electrons. The summed E-state index contributed by atoms with van der Waals surface area (Å²) in [6, 6.07) is 0. The second-order valence-electron chi connectivity index (χ2n) is 6.72. The SMILES string of the molecule is CC(C)(CN)NCCNC(=O)CCCCCC(F)(C(F)(F)F)C(F)(F)F. The fraction of sp³-hybridized carbons (Fsp3) is 0.933. The van der Waals surface area contributed by atoms with Crippen LogP contribution in [-0.2, 0) is 4.79 Å². The van der Waals surface area contributed by atoms with Gasteiger partial charge in [-0.15, -0.1) is 0 Å². The molecule has 0 aliphatic carbocycles. The predicted octanol–water partition coefficient (Wildman–Crippen LogP) is 3.21. The number of rotatable bonds is 11. The molecule has 11 heteroatoms. The minimum absolute atomic E-state index is 0.0579. The number of hydrogen-bond acceptors (Lipinski definition) is 3. The molecule has 0 atom stereocenters. The highest BCUT2D eigenvalue weighted by Gasteiger charge is 2.71. The summed E-state index contributed by atoms with van der Waals surface area (Å²) in [5, 5.41) is 5.65. The van der Waals surface area contributed by atoms with Gasteiger partial charge >= 0.3 is 12.4 Å². The van der Waals surface area contributed by atoms with Gasteiger partial charge in [0.05, 0.1) is 0 Å². The van der Waals surface area contributed by atoms with Crippen molar-refractivity contribution in [1.29, 1.82) is 0 Å². The number of unbranched alkanes of at least 4 members (excludes halogenated alkanes) is 2. The van der Waals surface area contributed by atoms with E-state index in [1.165, 1.54) is 0 Å². The first kappa shape index (κ1) is 24.9. The van der Waals surface area contributed by atoms with Crippen molar-refractivity contribution in [1.82, 2.24) is 10.6 Å². The summed E-state index contributed by atoms with van der Waals surface area (Å²) in [5.74, 6) is -0.379. The molecule has 0 spiro atoms. The van der Waals surface area contributed by atoms with Gasteiger partial charge in [0.15, 0.2) is 0 Å². The van der Waals surface area contributed by atoms with E-state index >= 15 is 0 Å². The lowest BCUT2D eigenvalue weighted by Gasteiger charge is -2.29. The van der Waals surface area contributed by atoms with Crippen molar-refractivity contribution in [3.05, 3.63) is 0 Å². The summed E-state index contributed by atoms with van der Waals surface area (Å²) < 4.78 is 87.5. The van der Waals surface area contributed by atoms with E-state index in [2.05, 4.69) is 10.6 Å². The van der Waals surface area contributed by atoms with Gasteiger partial charge in [-0.05, 0) is 33.1 Å². The molecule has 0 rings (SSSR count). The second-order valence-corrected chi connectivity index (χ2v) is 6.72. The Morgan fingerprint density at radius 1 is 0.885 bits per heavy atom. The molecule has 4 nitrogen and oxygen atoms in total. The van der Waals surface area contributed by atoms with E-state index in [9.17, 15) is 35.5 Å². The van der Waals surface area contributed by atoms with Crippen LogP contribution in [0.2, 0.25) is 0 Å². The van der Waals surface area contributed by atoms with Crippen LogP contribution in [0.1, 0.15) is 46.0 Å². The third-order valence-corrected chi connectivity index (χ3v) is 3.88. The standard InChI is InChI=1S/C15H26F7N3O/c1-12(2,10-23)25-9-8-24-11(26)6-4-3-5-7-13(16,14(17,18)19)15(20,21)22/h25H,3-10,23H2,1-2H3,(H,24,26). The molecule has 0 aliphatic rings. The molecule has 0 fully saturated rings. The maximum absolute atomic E-state index is 13.4. The lowest BCUT2D eigenvalue weighted by molar-refractivity contribution is -0.343. The highest BCUT2D eigenvalue weighted by Crippen LogP contribution is 2.49. The Labute approximate surface area is 148 Å². The van der Waals surface area contributed by atoms with Crippen LogP contribution in [0.15, 0.2) is 0 Å². The summed E-state index contributed by atoms with van der Waals surface area (Å²) in [6.07, 6.45) is -14.5. The number of carbonyl (C=O) groups excluding carboxylic acids is 1. The summed E-state index contributed by atoms with van der Waals surface area (Å²) in [6.45, 7) is 4.91. The van der Waals surface area contributed by atoms with E-state index in [4.69, 9.17) is 5.73 Å². The maximum Gasteiger partial charge on any atom is 0.431 e. The van der Waals surface area contributed by atoms with Gasteiger partial charge in [-0.1, -0.05) is 6.42 Å². The van der Waals surface area contributed by atoms with Gasteiger partial charge in [-0.25, -0.2) is 4.39 Å². The molecule has 156 valence electrons. The van der Waals surface area contributed by atoms with E-state index in [1.54, 1.807) is 0 Å². The summed E-state index contributed by atoms with van der Waals surface area (Å²) in [5.41, 5.74) is -0.000232. The predicted molar refractivity (Wildman–Crippen MR) is 83.2 cm³/mol. The summed E-state index contributed by atoms with van der Waals surface area (Å²) in [4.78, 5) is 11.5. The third-order valence-electron chi connectivity index (χ3n) is 3.88. The third kappa shape index (κ3) is 8.07. The Balaban J connectivity index is 4.07. The van der Waals surface area contributed by atoms with Gasteiger partial charge in [-0.2, -0.15) is 26.3 Å². The largest absolute Gasteiger partial charge is 0.431 e.